The van der Waals surface area contributed by atoms with Crippen molar-refractivity contribution in [3.63, 3.8) is 0 Å². The first kappa shape index (κ1) is 14.8. The molecule has 0 aromatic heterocycles. The second-order valence-electron chi connectivity index (χ2n) is 5.29. The molecule has 6 heteroatoms. The third-order valence-electron chi connectivity index (χ3n) is 2.47. The van der Waals surface area contributed by atoms with Crippen LogP contribution in [0.2, 0.25) is 0 Å². The number of carbonyl (C=O) groups excluding carboxylic acids is 2. The Morgan fingerprint density at radius 3 is 2.50 bits per heavy atom. The summed E-state index contributed by atoms with van der Waals surface area (Å²) in [6.45, 7) is 7.28. The number of hydrogen-bond acceptors (Lipinski definition) is 5. The lowest BCUT2D eigenvalue weighted by molar-refractivity contribution is -0.148. The van der Waals surface area contributed by atoms with Crippen LogP contribution in [0.25, 0.3) is 0 Å². The maximum atomic E-state index is 11.9. The van der Waals surface area contributed by atoms with Crippen molar-refractivity contribution in [1.82, 2.24) is 4.90 Å². The number of carbonyl (C=O) groups is 2. The molecule has 0 unspecified atom stereocenters. The van der Waals surface area contributed by atoms with Crippen LogP contribution < -0.4 is 0 Å². The number of nitrogens with zero attached hydrogens (tertiary/aromatic N) is 1. The van der Waals surface area contributed by atoms with Gasteiger partial charge in [-0.2, -0.15) is 0 Å². The zero-order valence-corrected chi connectivity index (χ0v) is 11.3. The Hall–Kier alpha value is -1.30. The highest BCUT2D eigenvalue weighted by molar-refractivity contribution is 5.82. The Morgan fingerprint density at radius 2 is 2.00 bits per heavy atom. The van der Waals surface area contributed by atoms with Gasteiger partial charge >= 0.3 is 12.1 Å². The first-order valence-electron chi connectivity index (χ1n) is 6.09. The topological polar surface area (TPSA) is 76.1 Å². The molecule has 2 atom stereocenters. The number of aliphatic hydroxyl groups excluding tert-OH is 1. The first-order chi connectivity index (χ1) is 8.24. The molecular formula is C12H21NO5. The van der Waals surface area contributed by atoms with Gasteiger partial charge in [-0.15, -0.1) is 0 Å². The number of rotatable bonds is 2. The van der Waals surface area contributed by atoms with Gasteiger partial charge in [-0.1, -0.05) is 0 Å². The van der Waals surface area contributed by atoms with Gasteiger partial charge in [0.1, 0.15) is 11.6 Å². The minimum atomic E-state index is -0.755. The van der Waals surface area contributed by atoms with Gasteiger partial charge in [0.2, 0.25) is 0 Å². The molecule has 1 saturated heterocycles. The van der Waals surface area contributed by atoms with Crippen LogP contribution in [-0.2, 0) is 14.3 Å². The molecule has 1 heterocycles. The van der Waals surface area contributed by atoms with E-state index in [1.807, 2.05) is 0 Å². The summed E-state index contributed by atoms with van der Waals surface area (Å²) in [5.74, 6) is -0.500. The second-order valence-corrected chi connectivity index (χ2v) is 5.29. The minimum absolute atomic E-state index is 0.0956. The summed E-state index contributed by atoms with van der Waals surface area (Å²) >= 11 is 0. The molecule has 0 aliphatic carbocycles. The predicted octanol–water partition coefficient (Wildman–Crippen LogP) is 0.920. The van der Waals surface area contributed by atoms with E-state index in [2.05, 4.69) is 0 Å². The normalized spacial score (nSPS) is 23.9. The van der Waals surface area contributed by atoms with Gasteiger partial charge in [0.25, 0.3) is 0 Å². The van der Waals surface area contributed by atoms with E-state index < -0.39 is 29.8 Å². The zero-order valence-electron chi connectivity index (χ0n) is 11.3. The predicted molar refractivity (Wildman–Crippen MR) is 64.0 cm³/mol. The van der Waals surface area contributed by atoms with Crippen molar-refractivity contribution in [2.45, 2.75) is 51.9 Å². The molecule has 0 saturated carbocycles. The Balaban J connectivity index is 2.72. The van der Waals surface area contributed by atoms with Crippen LogP contribution in [0.3, 0.4) is 0 Å². The highest BCUT2D eigenvalue weighted by Gasteiger charge is 2.41. The average Bonchev–Trinajstić information content (AvgIpc) is 2.58. The summed E-state index contributed by atoms with van der Waals surface area (Å²) in [6.07, 6.45) is -1.12. The lowest BCUT2D eigenvalue weighted by Gasteiger charge is -2.27. The molecular weight excluding hydrogens is 238 g/mol. The number of ether oxygens (including phenoxy) is 2. The lowest BCUT2D eigenvalue weighted by atomic mass is 10.2. The number of amides is 1. The lowest BCUT2D eigenvalue weighted by Crippen LogP contribution is -2.44. The van der Waals surface area contributed by atoms with Crippen molar-refractivity contribution in [3.8, 4) is 0 Å². The van der Waals surface area contributed by atoms with Gasteiger partial charge in [0.05, 0.1) is 19.3 Å². The van der Waals surface area contributed by atoms with Gasteiger partial charge in [-0.3, -0.25) is 4.90 Å². The number of esters is 1. The summed E-state index contributed by atoms with van der Waals surface area (Å²) in [7, 11) is 0. The molecule has 1 amide bonds. The summed E-state index contributed by atoms with van der Waals surface area (Å²) in [5, 5.41) is 9.58. The number of likely N-dealkylation sites (tertiary alicyclic amines) is 1. The molecule has 0 bridgehead atoms. The Labute approximate surface area is 107 Å². The molecule has 0 radical (unpaired) electrons. The SMILES string of the molecule is CCOC(=O)[C@@H]1C[C@@H](O)CN1C(=O)OC(C)(C)C. The van der Waals surface area contributed by atoms with Crippen LogP contribution in [0.1, 0.15) is 34.1 Å². The Morgan fingerprint density at radius 1 is 1.39 bits per heavy atom. The summed E-state index contributed by atoms with van der Waals surface area (Å²) in [6, 6.07) is -0.755. The maximum absolute atomic E-state index is 11.9. The van der Waals surface area contributed by atoms with Crippen molar-refractivity contribution in [1.29, 1.82) is 0 Å². The summed E-state index contributed by atoms with van der Waals surface area (Å²) in [4.78, 5) is 24.8. The van der Waals surface area contributed by atoms with Crippen LogP contribution in [0.4, 0.5) is 4.79 Å². The van der Waals surface area contributed by atoms with Gasteiger partial charge in [-0.05, 0) is 27.7 Å². The molecule has 18 heavy (non-hydrogen) atoms. The molecule has 1 fully saturated rings. The van der Waals surface area contributed by atoms with E-state index in [4.69, 9.17) is 9.47 Å². The molecule has 1 rings (SSSR count). The van der Waals surface area contributed by atoms with E-state index in [0.29, 0.717) is 0 Å². The minimum Gasteiger partial charge on any atom is -0.464 e. The van der Waals surface area contributed by atoms with Crippen molar-refractivity contribution < 1.29 is 24.2 Å². The number of β-amino-alcohol motifs (C(OH)–C–C–N with tert-alkyl or cyclic N) is 1. The van der Waals surface area contributed by atoms with Gasteiger partial charge in [-0.25, -0.2) is 9.59 Å². The molecule has 1 N–H and O–H groups in total. The van der Waals surface area contributed by atoms with E-state index in [1.165, 1.54) is 4.90 Å². The molecule has 6 nitrogen and oxygen atoms in total. The summed E-state index contributed by atoms with van der Waals surface area (Å²) < 4.78 is 10.1. The highest BCUT2D eigenvalue weighted by Crippen LogP contribution is 2.22. The number of hydrogen-bond donors (Lipinski definition) is 1. The first-order valence-corrected chi connectivity index (χ1v) is 6.09. The zero-order chi connectivity index (χ0) is 13.9. The second kappa shape index (κ2) is 5.56. The fourth-order valence-corrected chi connectivity index (χ4v) is 1.80. The molecule has 104 valence electrons. The molecule has 0 spiro atoms. The molecule has 1 aliphatic heterocycles. The quantitative estimate of drug-likeness (QED) is 0.746. The molecule has 0 aromatic rings. The van der Waals surface area contributed by atoms with Crippen LogP contribution in [0.15, 0.2) is 0 Å². The van der Waals surface area contributed by atoms with Crippen molar-refractivity contribution >= 4 is 12.1 Å². The van der Waals surface area contributed by atoms with Crippen LogP contribution in [-0.4, -0.2) is 53.0 Å². The largest absolute Gasteiger partial charge is 0.464 e. The maximum Gasteiger partial charge on any atom is 0.411 e. The average molecular weight is 259 g/mol. The van der Waals surface area contributed by atoms with E-state index in [1.54, 1.807) is 27.7 Å². The van der Waals surface area contributed by atoms with Crippen molar-refractivity contribution in [2.75, 3.05) is 13.2 Å². The Bertz CT molecular complexity index is 323. The van der Waals surface area contributed by atoms with Crippen LogP contribution in [0.5, 0.6) is 0 Å². The van der Waals surface area contributed by atoms with Crippen molar-refractivity contribution in [2.24, 2.45) is 0 Å². The van der Waals surface area contributed by atoms with Gasteiger partial charge < -0.3 is 14.6 Å². The fourth-order valence-electron chi connectivity index (χ4n) is 1.80. The third-order valence-corrected chi connectivity index (χ3v) is 2.47. The summed E-state index contributed by atoms with van der Waals surface area (Å²) in [5.41, 5.74) is -0.635. The van der Waals surface area contributed by atoms with Gasteiger partial charge in [0.15, 0.2) is 0 Å². The van der Waals surface area contributed by atoms with E-state index in [-0.39, 0.29) is 19.6 Å². The van der Waals surface area contributed by atoms with E-state index in [0.717, 1.165) is 0 Å². The van der Waals surface area contributed by atoms with E-state index in [9.17, 15) is 14.7 Å². The third kappa shape index (κ3) is 3.87. The Kier molecular flexibility index (Phi) is 4.56. The highest BCUT2D eigenvalue weighted by atomic mass is 16.6. The van der Waals surface area contributed by atoms with Crippen molar-refractivity contribution in [3.05, 3.63) is 0 Å². The smallest absolute Gasteiger partial charge is 0.411 e. The molecule has 1 aliphatic rings. The fraction of sp³-hybridized carbons (Fsp3) is 0.833. The van der Waals surface area contributed by atoms with Gasteiger partial charge in [0, 0.05) is 6.42 Å². The van der Waals surface area contributed by atoms with Crippen LogP contribution in [0, 0.1) is 0 Å². The molecule has 0 aromatic carbocycles. The standard InChI is InChI=1S/C12H21NO5/c1-5-17-10(15)9-6-8(14)7-13(9)11(16)18-12(2,3)4/h8-9,14H,5-7H2,1-4H3/t8-,9+/m1/s1. The van der Waals surface area contributed by atoms with Crippen LogP contribution >= 0.6 is 0 Å². The monoisotopic (exact) mass is 259 g/mol. The van der Waals surface area contributed by atoms with E-state index >= 15 is 0 Å². The number of aliphatic hydroxyl groups is 1.